The fourth-order valence-electron chi connectivity index (χ4n) is 1.91. The molecule has 1 aliphatic rings. The normalized spacial score (nSPS) is 16.9. The van der Waals surface area contributed by atoms with Gasteiger partial charge in [-0.2, -0.15) is 0 Å². The van der Waals surface area contributed by atoms with Crippen molar-refractivity contribution in [1.29, 1.82) is 0 Å². The molecule has 0 aromatic heterocycles. The van der Waals surface area contributed by atoms with Gasteiger partial charge < -0.3 is 10.4 Å². The van der Waals surface area contributed by atoms with Crippen LogP contribution in [-0.2, 0) is 10.2 Å². The highest BCUT2D eigenvalue weighted by molar-refractivity contribution is 9.10. The third-order valence-electron chi connectivity index (χ3n) is 3.07. The second-order valence-corrected chi connectivity index (χ2v) is 5.05. The van der Waals surface area contributed by atoms with E-state index in [2.05, 4.69) is 27.3 Å². The molecule has 16 heavy (non-hydrogen) atoms. The fraction of sp³-hybridized carbons (Fsp3) is 0.417. The summed E-state index contributed by atoms with van der Waals surface area (Å²) >= 11 is 3.53. The van der Waals surface area contributed by atoms with E-state index in [1.165, 1.54) is 5.56 Å². The van der Waals surface area contributed by atoms with Crippen molar-refractivity contribution in [1.82, 2.24) is 5.32 Å². The number of nitrogens with one attached hydrogen (secondary N) is 1. The number of amides is 1. The third kappa shape index (κ3) is 2.28. The molecule has 2 rings (SSSR count). The van der Waals surface area contributed by atoms with Crippen LogP contribution in [0.15, 0.2) is 28.7 Å². The monoisotopic (exact) mass is 283 g/mol. The van der Waals surface area contributed by atoms with Gasteiger partial charge in [0.2, 0.25) is 5.91 Å². The Morgan fingerprint density at radius 3 is 2.69 bits per heavy atom. The van der Waals surface area contributed by atoms with E-state index in [1.54, 1.807) is 0 Å². The zero-order valence-electron chi connectivity index (χ0n) is 8.87. The minimum Gasteiger partial charge on any atom is -0.387 e. The molecule has 1 fully saturated rings. The van der Waals surface area contributed by atoms with E-state index in [0.717, 1.165) is 17.3 Å². The van der Waals surface area contributed by atoms with Crippen LogP contribution < -0.4 is 5.32 Å². The van der Waals surface area contributed by atoms with Gasteiger partial charge in [0.15, 0.2) is 0 Å². The Hall–Kier alpha value is -0.870. The lowest BCUT2D eigenvalue weighted by Crippen LogP contribution is -2.34. The van der Waals surface area contributed by atoms with E-state index in [1.807, 2.05) is 18.2 Å². The first-order valence-corrected chi connectivity index (χ1v) is 6.10. The van der Waals surface area contributed by atoms with Gasteiger partial charge in [-0.3, -0.25) is 4.79 Å². The van der Waals surface area contributed by atoms with Crippen LogP contribution >= 0.6 is 15.9 Å². The maximum Gasteiger partial charge on any atom is 0.245 e. The fourth-order valence-corrected chi connectivity index (χ4v) is 2.61. The second kappa shape index (κ2) is 4.55. The highest BCUT2D eigenvalue weighted by Crippen LogP contribution is 2.49. The molecule has 1 aromatic rings. The van der Waals surface area contributed by atoms with Gasteiger partial charge in [-0.1, -0.05) is 34.1 Å². The zero-order valence-corrected chi connectivity index (χ0v) is 10.5. The van der Waals surface area contributed by atoms with Gasteiger partial charge in [-0.15, -0.1) is 0 Å². The molecule has 0 heterocycles. The molecule has 1 aliphatic carbocycles. The number of rotatable bonds is 4. The topological polar surface area (TPSA) is 49.3 Å². The Morgan fingerprint density at radius 1 is 1.44 bits per heavy atom. The second-order valence-electron chi connectivity index (χ2n) is 4.20. The number of hydrogen-bond acceptors (Lipinski definition) is 2. The van der Waals surface area contributed by atoms with Crippen molar-refractivity contribution >= 4 is 21.8 Å². The molecular formula is C12H14BrNO2. The van der Waals surface area contributed by atoms with Gasteiger partial charge in [0, 0.05) is 16.4 Å². The molecule has 3 nitrogen and oxygen atoms in total. The summed E-state index contributed by atoms with van der Waals surface area (Å²) in [6, 6.07) is 8.09. The molecule has 2 N–H and O–H groups in total. The van der Waals surface area contributed by atoms with Crippen LogP contribution in [0.25, 0.3) is 0 Å². The number of aliphatic hydroxyl groups is 1. The van der Waals surface area contributed by atoms with Crippen molar-refractivity contribution in [2.75, 3.05) is 13.2 Å². The lowest BCUT2D eigenvalue weighted by atomic mass is 9.96. The number of halogens is 1. The van der Waals surface area contributed by atoms with Crippen molar-refractivity contribution in [3.63, 3.8) is 0 Å². The van der Waals surface area contributed by atoms with Gasteiger partial charge in [0.1, 0.15) is 6.61 Å². The van der Waals surface area contributed by atoms with Crippen molar-refractivity contribution < 1.29 is 9.90 Å². The predicted octanol–water partition coefficient (Wildman–Crippen LogP) is 1.59. The van der Waals surface area contributed by atoms with Crippen molar-refractivity contribution in [3.8, 4) is 0 Å². The lowest BCUT2D eigenvalue weighted by molar-refractivity contribution is -0.123. The largest absolute Gasteiger partial charge is 0.387 e. The van der Waals surface area contributed by atoms with Gasteiger partial charge in [0.25, 0.3) is 0 Å². The number of benzene rings is 1. The van der Waals surface area contributed by atoms with Crippen LogP contribution in [0, 0.1) is 0 Å². The summed E-state index contributed by atoms with van der Waals surface area (Å²) in [5, 5.41) is 11.4. The molecule has 4 heteroatoms. The predicted molar refractivity (Wildman–Crippen MR) is 65.1 cm³/mol. The molecule has 0 spiro atoms. The van der Waals surface area contributed by atoms with Gasteiger partial charge in [0.05, 0.1) is 0 Å². The molecule has 0 atom stereocenters. The average Bonchev–Trinajstić information content (AvgIpc) is 3.07. The molecule has 1 amide bonds. The van der Waals surface area contributed by atoms with Crippen molar-refractivity contribution in [2.24, 2.45) is 0 Å². The summed E-state index contributed by atoms with van der Waals surface area (Å²) in [7, 11) is 0. The summed E-state index contributed by atoms with van der Waals surface area (Å²) in [4.78, 5) is 11.0. The van der Waals surface area contributed by atoms with E-state index in [9.17, 15) is 4.79 Å². The van der Waals surface area contributed by atoms with Crippen molar-refractivity contribution in [3.05, 3.63) is 34.3 Å². The molecule has 0 unspecified atom stereocenters. The van der Waals surface area contributed by atoms with Crippen LogP contribution in [0.3, 0.4) is 0 Å². The first-order valence-electron chi connectivity index (χ1n) is 5.30. The van der Waals surface area contributed by atoms with Crippen LogP contribution in [-0.4, -0.2) is 24.2 Å². The molecule has 0 aliphatic heterocycles. The smallest absolute Gasteiger partial charge is 0.245 e. The van der Waals surface area contributed by atoms with E-state index in [4.69, 9.17) is 5.11 Å². The van der Waals surface area contributed by atoms with E-state index in [0.29, 0.717) is 6.54 Å². The zero-order chi connectivity index (χ0) is 11.6. The minimum atomic E-state index is -0.438. The number of aliphatic hydroxyl groups excluding tert-OH is 1. The lowest BCUT2D eigenvalue weighted by Gasteiger charge is -2.17. The van der Waals surface area contributed by atoms with Crippen LogP contribution in [0.5, 0.6) is 0 Å². The van der Waals surface area contributed by atoms with Crippen molar-refractivity contribution in [2.45, 2.75) is 18.3 Å². The van der Waals surface area contributed by atoms with E-state index >= 15 is 0 Å². The maximum atomic E-state index is 11.0. The van der Waals surface area contributed by atoms with Gasteiger partial charge in [-0.05, 0) is 24.5 Å². The quantitative estimate of drug-likeness (QED) is 0.882. The average molecular weight is 284 g/mol. The molecule has 0 radical (unpaired) electrons. The van der Waals surface area contributed by atoms with Crippen LogP contribution in [0.4, 0.5) is 0 Å². The van der Waals surface area contributed by atoms with E-state index < -0.39 is 6.61 Å². The Balaban J connectivity index is 2.09. The molecule has 1 saturated carbocycles. The molecule has 1 aromatic carbocycles. The summed E-state index contributed by atoms with van der Waals surface area (Å²) < 4.78 is 1.09. The minimum absolute atomic E-state index is 0.0743. The van der Waals surface area contributed by atoms with E-state index in [-0.39, 0.29) is 11.3 Å². The summed E-state index contributed by atoms with van der Waals surface area (Å²) in [5.41, 5.74) is 1.32. The summed E-state index contributed by atoms with van der Waals surface area (Å²) in [5.74, 6) is -0.307. The first kappa shape index (κ1) is 11.6. The number of carbonyl (C=O) groups excluding carboxylic acids is 1. The third-order valence-corrected chi connectivity index (χ3v) is 3.76. The molecule has 0 bridgehead atoms. The Bertz CT molecular complexity index is 402. The van der Waals surface area contributed by atoms with Gasteiger partial charge >= 0.3 is 0 Å². The molecule has 86 valence electrons. The van der Waals surface area contributed by atoms with Gasteiger partial charge in [-0.25, -0.2) is 0 Å². The summed E-state index contributed by atoms with van der Waals surface area (Å²) in [6.07, 6.45) is 2.17. The van der Waals surface area contributed by atoms with Crippen LogP contribution in [0.2, 0.25) is 0 Å². The Labute approximate surface area is 103 Å². The Morgan fingerprint density at radius 2 is 2.12 bits per heavy atom. The highest BCUT2D eigenvalue weighted by Gasteiger charge is 2.45. The number of hydrogen-bond donors (Lipinski definition) is 2. The highest BCUT2D eigenvalue weighted by atomic mass is 79.9. The molecular weight excluding hydrogens is 270 g/mol. The standard InChI is InChI=1S/C12H14BrNO2/c13-10-4-2-1-3-9(10)12(5-6-12)8-14-11(16)7-15/h1-4,15H,5-8H2,(H,14,16). The molecule has 0 saturated heterocycles. The SMILES string of the molecule is O=C(CO)NCC1(c2ccccc2Br)CC1. The maximum absolute atomic E-state index is 11.0. The van der Waals surface area contributed by atoms with Crippen LogP contribution in [0.1, 0.15) is 18.4 Å². The Kier molecular flexibility index (Phi) is 3.30. The summed E-state index contributed by atoms with van der Waals surface area (Å²) in [6.45, 7) is 0.168. The first-order chi connectivity index (χ1) is 7.68. The number of carbonyl (C=O) groups is 1.